The van der Waals surface area contributed by atoms with Gasteiger partial charge in [-0.25, -0.2) is 8.42 Å². The number of amides is 2. The van der Waals surface area contributed by atoms with Gasteiger partial charge >= 0.3 is 0 Å². The van der Waals surface area contributed by atoms with Crippen molar-refractivity contribution in [3.63, 3.8) is 0 Å². The predicted molar refractivity (Wildman–Crippen MR) is 169 cm³/mol. The topological polar surface area (TPSA) is 86.8 Å². The Morgan fingerprint density at radius 2 is 1.60 bits per heavy atom. The molecule has 1 saturated carbocycles. The molecule has 0 bridgehead atoms. The fourth-order valence-electron chi connectivity index (χ4n) is 5.04. The molecule has 3 aromatic carbocycles. The van der Waals surface area contributed by atoms with Crippen molar-refractivity contribution in [2.75, 3.05) is 10.8 Å². The largest absolute Gasteiger partial charge is 0.352 e. The molecule has 1 N–H and O–H groups in total. The van der Waals surface area contributed by atoms with Crippen LogP contribution in [0.3, 0.4) is 0 Å². The van der Waals surface area contributed by atoms with Crippen LogP contribution in [0, 0.1) is 0 Å². The van der Waals surface area contributed by atoms with Gasteiger partial charge in [0.1, 0.15) is 12.6 Å². The first-order chi connectivity index (χ1) is 20.0. The molecule has 0 radical (unpaired) electrons. The molecule has 0 spiro atoms. The fraction of sp³-hybridized carbons (Fsp3) is 0.333. The SMILES string of the molecule is CC[C@H](C(=O)NC1CCCC1)N(Cc1ccc(Cl)c(Cl)c1)C(=O)CN(c1ccc(Cl)cc1Cl)S(=O)(=O)c1ccccc1. The van der Waals surface area contributed by atoms with Gasteiger partial charge in [0.25, 0.3) is 10.0 Å². The number of carbonyl (C=O) groups excluding carboxylic acids is 2. The zero-order valence-corrected chi connectivity index (χ0v) is 26.7. The zero-order chi connectivity index (χ0) is 30.4. The summed E-state index contributed by atoms with van der Waals surface area (Å²) in [5.74, 6) is -0.889. The summed E-state index contributed by atoms with van der Waals surface area (Å²) in [4.78, 5) is 29.1. The summed E-state index contributed by atoms with van der Waals surface area (Å²) in [6, 6.07) is 16.2. The maximum atomic E-state index is 14.2. The summed E-state index contributed by atoms with van der Waals surface area (Å²) < 4.78 is 28.8. The molecule has 1 fully saturated rings. The maximum Gasteiger partial charge on any atom is 0.264 e. The average Bonchev–Trinajstić information content (AvgIpc) is 3.47. The van der Waals surface area contributed by atoms with Gasteiger partial charge in [0.15, 0.2) is 0 Å². The molecule has 3 aromatic rings. The highest BCUT2D eigenvalue weighted by molar-refractivity contribution is 7.92. The summed E-state index contributed by atoms with van der Waals surface area (Å²) in [5.41, 5.74) is 0.711. The number of anilines is 1. The lowest BCUT2D eigenvalue weighted by Gasteiger charge is -2.34. The molecule has 12 heteroatoms. The van der Waals surface area contributed by atoms with Gasteiger partial charge in [-0.1, -0.05) is 90.4 Å². The lowest BCUT2D eigenvalue weighted by molar-refractivity contribution is -0.140. The molecule has 0 aliphatic heterocycles. The Kier molecular flexibility index (Phi) is 11.1. The number of sulfonamides is 1. The van der Waals surface area contributed by atoms with Crippen molar-refractivity contribution in [1.82, 2.24) is 10.2 Å². The first-order valence-electron chi connectivity index (χ1n) is 13.6. The lowest BCUT2D eigenvalue weighted by atomic mass is 10.1. The van der Waals surface area contributed by atoms with Gasteiger partial charge in [-0.05, 0) is 67.3 Å². The first kappa shape index (κ1) is 32.4. The number of carbonyl (C=O) groups is 2. The van der Waals surface area contributed by atoms with E-state index in [0.29, 0.717) is 27.1 Å². The van der Waals surface area contributed by atoms with Crippen LogP contribution in [0.2, 0.25) is 20.1 Å². The summed E-state index contributed by atoms with van der Waals surface area (Å²) in [7, 11) is -4.26. The van der Waals surface area contributed by atoms with Crippen LogP contribution in [0.15, 0.2) is 71.6 Å². The van der Waals surface area contributed by atoms with Gasteiger partial charge in [0.05, 0.1) is 25.7 Å². The van der Waals surface area contributed by atoms with E-state index in [1.54, 1.807) is 36.4 Å². The number of hydrogen-bond donors (Lipinski definition) is 1. The molecule has 42 heavy (non-hydrogen) atoms. The molecule has 224 valence electrons. The van der Waals surface area contributed by atoms with Crippen molar-refractivity contribution >= 4 is 73.9 Å². The molecule has 0 aromatic heterocycles. The minimum absolute atomic E-state index is 0.000109. The minimum atomic E-state index is -4.26. The van der Waals surface area contributed by atoms with E-state index in [1.165, 1.54) is 35.2 Å². The number of nitrogens with one attached hydrogen (secondary N) is 1. The first-order valence-corrected chi connectivity index (χ1v) is 16.5. The molecule has 1 aliphatic rings. The van der Waals surface area contributed by atoms with Crippen LogP contribution in [-0.2, 0) is 26.2 Å². The van der Waals surface area contributed by atoms with E-state index in [0.717, 1.165) is 30.0 Å². The molecule has 2 amide bonds. The van der Waals surface area contributed by atoms with Crippen LogP contribution in [0.25, 0.3) is 0 Å². The minimum Gasteiger partial charge on any atom is -0.352 e. The fourth-order valence-corrected chi connectivity index (χ4v) is 7.37. The number of hydrogen-bond acceptors (Lipinski definition) is 4. The molecular formula is C30H31Cl4N3O4S. The van der Waals surface area contributed by atoms with E-state index >= 15 is 0 Å². The molecule has 0 heterocycles. The van der Waals surface area contributed by atoms with E-state index in [9.17, 15) is 18.0 Å². The van der Waals surface area contributed by atoms with E-state index in [1.807, 2.05) is 6.92 Å². The average molecular weight is 671 g/mol. The number of nitrogens with zero attached hydrogens (tertiary/aromatic N) is 2. The van der Waals surface area contributed by atoms with Crippen molar-refractivity contribution < 1.29 is 18.0 Å². The molecular weight excluding hydrogens is 640 g/mol. The van der Waals surface area contributed by atoms with E-state index < -0.39 is 28.5 Å². The monoisotopic (exact) mass is 669 g/mol. The smallest absolute Gasteiger partial charge is 0.264 e. The Bertz CT molecular complexity index is 1530. The highest BCUT2D eigenvalue weighted by Gasteiger charge is 2.35. The van der Waals surface area contributed by atoms with Crippen LogP contribution in [0.4, 0.5) is 5.69 Å². The molecule has 0 saturated heterocycles. The second-order valence-electron chi connectivity index (χ2n) is 10.1. The number of benzene rings is 3. The highest BCUT2D eigenvalue weighted by atomic mass is 35.5. The van der Waals surface area contributed by atoms with Crippen LogP contribution in [-0.4, -0.2) is 43.8 Å². The molecule has 0 unspecified atom stereocenters. The maximum absolute atomic E-state index is 14.2. The number of halogens is 4. The Hall–Kier alpha value is -2.49. The van der Waals surface area contributed by atoms with Crippen LogP contribution in [0.5, 0.6) is 0 Å². The van der Waals surface area contributed by atoms with Crippen molar-refractivity contribution in [3.05, 3.63) is 92.4 Å². The Morgan fingerprint density at radius 1 is 0.905 bits per heavy atom. The predicted octanol–water partition coefficient (Wildman–Crippen LogP) is 7.36. The molecule has 1 aliphatic carbocycles. The summed E-state index contributed by atoms with van der Waals surface area (Å²) in [6.45, 7) is 1.19. The van der Waals surface area contributed by atoms with Gasteiger partial charge in [0, 0.05) is 17.6 Å². The van der Waals surface area contributed by atoms with Crippen molar-refractivity contribution in [2.24, 2.45) is 0 Å². The van der Waals surface area contributed by atoms with Crippen LogP contribution in [0.1, 0.15) is 44.6 Å². The van der Waals surface area contributed by atoms with Gasteiger partial charge in [-0.15, -0.1) is 0 Å². The van der Waals surface area contributed by atoms with Crippen molar-refractivity contribution in [3.8, 4) is 0 Å². The zero-order valence-electron chi connectivity index (χ0n) is 22.9. The third kappa shape index (κ3) is 7.71. The summed E-state index contributed by atoms with van der Waals surface area (Å²) >= 11 is 24.9. The molecule has 1 atom stereocenters. The Labute approximate surface area is 266 Å². The quantitative estimate of drug-likeness (QED) is 0.231. The van der Waals surface area contributed by atoms with Crippen molar-refractivity contribution in [1.29, 1.82) is 0 Å². The third-order valence-electron chi connectivity index (χ3n) is 7.21. The van der Waals surface area contributed by atoms with Gasteiger partial charge in [-0.2, -0.15) is 0 Å². The van der Waals surface area contributed by atoms with Crippen LogP contribution < -0.4 is 9.62 Å². The van der Waals surface area contributed by atoms with Gasteiger partial charge in [-0.3, -0.25) is 13.9 Å². The van der Waals surface area contributed by atoms with E-state index in [-0.39, 0.29) is 34.1 Å². The normalized spacial score (nSPS) is 14.4. The van der Waals surface area contributed by atoms with Crippen LogP contribution >= 0.6 is 46.4 Å². The van der Waals surface area contributed by atoms with E-state index in [2.05, 4.69) is 5.32 Å². The standard InChI is InChI=1S/C30H31Cl4N3O4S/c1-2-27(30(39)35-22-8-6-7-9-22)36(18-20-12-14-24(32)25(33)16-20)29(38)19-37(28-15-13-21(31)17-26(28)34)42(40,41)23-10-4-3-5-11-23/h3-5,10-17,22,27H,2,6-9,18-19H2,1H3,(H,35,39)/t27-/m1/s1. The van der Waals surface area contributed by atoms with Crippen molar-refractivity contribution in [2.45, 2.75) is 62.6 Å². The summed E-state index contributed by atoms with van der Waals surface area (Å²) in [5, 5.41) is 4.09. The van der Waals surface area contributed by atoms with E-state index in [4.69, 9.17) is 46.4 Å². The highest BCUT2D eigenvalue weighted by Crippen LogP contribution is 2.33. The third-order valence-corrected chi connectivity index (χ3v) is 10.3. The Balaban J connectivity index is 1.74. The molecule has 7 nitrogen and oxygen atoms in total. The lowest BCUT2D eigenvalue weighted by Crippen LogP contribution is -2.53. The molecule has 4 rings (SSSR count). The second kappa shape index (κ2) is 14.3. The second-order valence-corrected chi connectivity index (χ2v) is 13.6. The summed E-state index contributed by atoms with van der Waals surface area (Å²) in [6.07, 6.45) is 4.12. The number of rotatable bonds is 11. The Morgan fingerprint density at radius 3 is 2.21 bits per heavy atom. The van der Waals surface area contributed by atoms with Gasteiger partial charge in [0.2, 0.25) is 11.8 Å². The van der Waals surface area contributed by atoms with Gasteiger partial charge < -0.3 is 10.2 Å².